The first-order valence-electron chi connectivity index (χ1n) is 11.9. The monoisotopic (exact) mass is 527 g/mol. The van der Waals surface area contributed by atoms with Crippen molar-refractivity contribution in [3.8, 4) is 6.19 Å². The van der Waals surface area contributed by atoms with Crippen molar-refractivity contribution >= 4 is 34.3 Å². The number of fused-ring (bicyclic) bond motifs is 1. The summed E-state index contributed by atoms with van der Waals surface area (Å²) in [6.07, 6.45) is -1.25. The van der Waals surface area contributed by atoms with Crippen molar-refractivity contribution < 1.29 is 22.4 Å². The van der Waals surface area contributed by atoms with Gasteiger partial charge in [0.2, 0.25) is 5.96 Å². The van der Waals surface area contributed by atoms with Gasteiger partial charge < -0.3 is 15.1 Å². The largest absolute Gasteiger partial charge is 0.418 e. The van der Waals surface area contributed by atoms with Crippen molar-refractivity contribution in [1.29, 1.82) is 5.26 Å². The number of rotatable bonds is 3. The van der Waals surface area contributed by atoms with Crippen molar-refractivity contribution in [2.75, 3.05) is 25.0 Å². The maximum Gasteiger partial charge on any atom is 0.418 e. The van der Waals surface area contributed by atoms with E-state index in [0.29, 0.717) is 17.7 Å². The normalized spacial score (nSPS) is 16.5. The smallest absolute Gasteiger partial charge is 0.335 e. The molecule has 0 aliphatic carbocycles. The van der Waals surface area contributed by atoms with Gasteiger partial charge in [0, 0.05) is 31.2 Å². The minimum absolute atomic E-state index is 0.0120. The third kappa shape index (κ3) is 5.77. The Morgan fingerprint density at radius 2 is 1.97 bits per heavy atom. The number of carbonyl (C=O) groups excluding carboxylic acids is 1. The molecule has 2 N–H and O–H groups in total. The summed E-state index contributed by atoms with van der Waals surface area (Å²) < 4.78 is 53.6. The molecule has 2 amide bonds. The molecule has 0 bridgehead atoms. The van der Waals surface area contributed by atoms with Gasteiger partial charge in [-0.2, -0.15) is 18.4 Å². The number of nitrogens with one attached hydrogen (secondary N) is 2. The Morgan fingerprint density at radius 1 is 1.18 bits per heavy atom. The van der Waals surface area contributed by atoms with Crippen LogP contribution in [0.3, 0.4) is 0 Å². The number of alkyl halides is 3. The fourth-order valence-corrected chi connectivity index (χ4v) is 4.39. The number of pyridine rings is 1. The second-order valence-corrected chi connectivity index (χ2v) is 9.09. The zero-order valence-corrected chi connectivity index (χ0v) is 20.6. The van der Waals surface area contributed by atoms with Gasteiger partial charge in [-0.1, -0.05) is 19.9 Å². The molecule has 0 spiro atoms. The highest BCUT2D eigenvalue weighted by Crippen LogP contribution is 2.35. The molecular formula is C26H25F4N7O. The minimum atomic E-state index is -4.84. The second-order valence-electron chi connectivity index (χ2n) is 9.09. The summed E-state index contributed by atoms with van der Waals surface area (Å²) >= 11 is 0. The quantitative estimate of drug-likeness (QED) is 0.158. The number of nitriles is 1. The number of hydrogen-bond acceptors (Lipinski definition) is 4. The van der Waals surface area contributed by atoms with Gasteiger partial charge in [0.25, 0.3) is 0 Å². The summed E-state index contributed by atoms with van der Waals surface area (Å²) in [5, 5.41) is 15.1. The summed E-state index contributed by atoms with van der Waals surface area (Å²) in [5.41, 5.74) is -0.439. The SMILES string of the molecule is CC(C)[C@H]1CN(C(=O)Nc2ccc(F)cc2C(F)(F)F)CCN1C(=Nc1cccc2ncccc12)NC#N. The van der Waals surface area contributed by atoms with Gasteiger partial charge >= 0.3 is 12.2 Å². The van der Waals surface area contributed by atoms with E-state index in [1.54, 1.807) is 18.3 Å². The zero-order valence-electron chi connectivity index (χ0n) is 20.6. The molecule has 1 fully saturated rings. The fraction of sp³-hybridized carbons (Fsp3) is 0.308. The number of anilines is 1. The first-order valence-corrected chi connectivity index (χ1v) is 11.9. The van der Waals surface area contributed by atoms with E-state index in [1.165, 1.54) is 4.90 Å². The first kappa shape index (κ1) is 26.7. The maximum atomic E-state index is 13.5. The van der Waals surface area contributed by atoms with Crippen LogP contribution in [-0.4, -0.2) is 52.5 Å². The molecule has 1 aliphatic rings. The van der Waals surface area contributed by atoms with Gasteiger partial charge in [-0.05, 0) is 48.4 Å². The predicted molar refractivity (Wildman–Crippen MR) is 135 cm³/mol. The third-order valence-electron chi connectivity index (χ3n) is 6.29. The molecule has 1 atom stereocenters. The Morgan fingerprint density at radius 3 is 2.68 bits per heavy atom. The molecule has 1 saturated heterocycles. The summed E-state index contributed by atoms with van der Waals surface area (Å²) in [6.45, 7) is 4.46. The number of urea groups is 1. The summed E-state index contributed by atoms with van der Waals surface area (Å²) in [6, 6.07) is 10.2. The van der Waals surface area contributed by atoms with Gasteiger partial charge in [0.1, 0.15) is 5.82 Å². The average Bonchev–Trinajstić information content (AvgIpc) is 2.88. The molecule has 2 aromatic carbocycles. The van der Waals surface area contributed by atoms with E-state index in [1.807, 2.05) is 43.1 Å². The number of aromatic nitrogens is 1. The van der Waals surface area contributed by atoms with Crippen LogP contribution in [0, 0.1) is 23.2 Å². The molecule has 4 rings (SSSR count). The molecule has 0 unspecified atom stereocenters. The van der Waals surface area contributed by atoms with E-state index in [2.05, 4.69) is 15.6 Å². The minimum Gasteiger partial charge on any atom is -0.335 e. The lowest BCUT2D eigenvalue weighted by molar-refractivity contribution is -0.137. The maximum absolute atomic E-state index is 13.5. The van der Waals surface area contributed by atoms with E-state index in [0.717, 1.165) is 23.0 Å². The highest BCUT2D eigenvalue weighted by Gasteiger charge is 2.37. The predicted octanol–water partition coefficient (Wildman–Crippen LogP) is 5.33. The fourth-order valence-electron chi connectivity index (χ4n) is 4.39. The number of piperazine rings is 1. The summed E-state index contributed by atoms with van der Waals surface area (Å²) in [4.78, 5) is 25.3. The molecule has 2 heterocycles. The molecule has 0 radical (unpaired) electrons. The van der Waals surface area contributed by atoms with Crippen molar-refractivity contribution in [1.82, 2.24) is 20.1 Å². The van der Waals surface area contributed by atoms with Crippen LogP contribution >= 0.6 is 0 Å². The lowest BCUT2D eigenvalue weighted by Crippen LogP contribution is -2.60. The Hall–Kier alpha value is -4.40. The Labute approximate surface area is 216 Å². The Balaban J connectivity index is 1.59. The molecule has 198 valence electrons. The van der Waals surface area contributed by atoms with Gasteiger partial charge in [0.15, 0.2) is 6.19 Å². The van der Waals surface area contributed by atoms with Crippen LogP contribution in [0.5, 0.6) is 0 Å². The highest BCUT2D eigenvalue weighted by atomic mass is 19.4. The van der Waals surface area contributed by atoms with Crippen LogP contribution in [0.25, 0.3) is 10.9 Å². The van der Waals surface area contributed by atoms with E-state index in [-0.39, 0.29) is 31.6 Å². The highest BCUT2D eigenvalue weighted by molar-refractivity contribution is 5.94. The van der Waals surface area contributed by atoms with Crippen molar-refractivity contribution in [3.05, 3.63) is 66.1 Å². The molecular weight excluding hydrogens is 502 g/mol. The van der Waals surface area contributed by atoms with Crippen LogP contribution in [0.15, 0.2) is 59.7 Å². The number of carbonyl (C=O) groups is 1. The lowest BCUT2D eigenvalue weighted by atomic mass is 10.00. The summed E-state index contributed by atoms with van der Waals surface area (Å²) in [5.74, 6) is -0.773. The van der Waals surface area contributed by atoms with Crippen LogP contribution in [0.1, 0.15) is 19.4 Å². The van der Waals surface area contributed by atoms with E-state index in [4.69, 9.17) is 4.99 Å². The van der Waals surface area contributed by atoms with Crippen molar-refractivity contribution in [2.45, 2.75) is 26.1 Å². The number of amides is 2. The standard InChI is InChI=1S/C26H25F4N7O/c1-16(2)23-14-36(25(38)35-22-9-8-17(27)13-19(22)26(28,29)30)11-12-37(23)24(33-15-31)34-21-7-3-6-20-18(21)5-4-10-32-20/h3-10,13,16,23H,11-12,14H2,1-2H3,(H,33,34)(H,35,38)/t23-/m1/s1. The van der Waals surface area contributed by atoms with Gasteiger partial charge in [-0.25, -0.2) is 14.2 Å². The van der Waals surface area contributed by atoms with E-state index < -0.39 is 29.3 Å². The molecule has 1 aromatic heterocycles. The van der Waals surface area contributed by atoms with Crippen LogP contribution in [0.4, 0.5) is 33.7 Å². The number of benzene rings is 2. The molecule has 0 saturated carbocycles. The molecule has 1 aliphatic heterocycles. The molecule has 12 heteroatoms. The average molecular weight is 528 g/mol. The van der Waals surface area contributed by atoms with E-state index in [9.17, 15) is 27.6 Å². The number of halogens is 4. The van der Waals surface area contributed by atoms with Crippen molar-refractivity contribution in [3.63, 3.8) is 0 Å². The van der Waals surface area contributed by atoms with Gasteiger partial charge in [-0.15, -0.1) is 0 Å². The number of aliphatic imine (C=N–C) groups is 1. The Bertz CT molecular complexity index is 1400. The van der Waals surface area contributed by atoms with Crippen LogP contribution < -0.4 is 10.6 Å². The second kappa shape index (κ2) is 10.9. The van der Waals surface area contributed by atoms with Gasteiger partial charge in [-0.3, -0.25) is 10.3 Å². The third-order valence-corrected chi connectivity index (χ3v) is 6.29. The molecule has 3 aromatic rings. The number of guanidine groups is 1. The molecule has 38 heavy (non-hydrogen) atoms. The number of nitrogens with zero attached hydrogens (tertiary/aromatic N) is 5. The Kier molecular flexibility index (Phi) is 7.66. The summed E-state index contributed by atoms with van der Waals surface area (Å²) in [7, 11) is 0. The van der Waals surface area contributed by atoms with Crippen LogP contribution in [-0.2, 0) is 6.18 Å². The van der Waals surface area contributed by atoms with Crippen molar-refractivity contribution in [2.24, 2.45) is 10.9 Å². The zero-order chi connectivity index (χ0) is 27.4. The van der Waals surface area contributed by atoms with E-state index >= 15 is 0 Å². The molecule has 8 nitrogen and oxygen atoms in total. The lowest BCUT2D eigenvalue weighted by Gasteiger charge is -2.44. The topological polar surface area (TPSA) is 96.7 Å². The first-order chi connectivity index (χ1) is 18.1. The number of hydrogen-bond donors (Lipinski definition) is 2. The van der Waals surface area contributed by atoms with Crippen LogP contribution in [0.2, 0.25) is 0 Å². The van der Waals surface area contributed by atoms with Gasteiger partial charge in [0.05, 0.1) is 28.5 Å².